The number of carbonyl (C=O) groups excluding carboxylic acids is 1. The Morgan fingerprint density at radius 2 is 1.88 bits per heavy atom. The summed E-state index contributed by atoms with van der Waals surface area (Å²) in [5.41, 5.74) is 1.68. The molecule has 132 valence electrons. The molecule has 0 spiro atoms. The van der Waals surface area contributed by atoms with Gasteiger partial charge in [0.05, 0.1) is 5.56 Å². The fraction of sp³-hybridized carbons (Fsp3) is 0.450. The first-order chi connectivity index (χ1) is 12.3. The highest BCUT2D eigenvalue weighted by atomic mass is 16.1. The van der Waals surface area contributed by atoms with Crippen molar-refractivity contribution in [3.8, 4) is 0 Å². The number of anilines is 1. The molecule has 25 heavy (non-hydrogen) atoms. The van der Waals surface area contributed by atoms with Crippen molar-refractivity contribution in [3.05, 3.63) is 54.0 Å². The zero-order valence-corrected chi connectivity index (χ0v) is 14.7. The second-order valence-corrected chi connectivity index (χ2v) is 6.49. The first-order valence-electron chi connectivity index (χ1n) is 9.22. The summed E-state index contributed by atoms with van der Waals surface area (Å²) in [6, 6.07) is 9.74. The van der Waals surface area contributed by atoms with Crippen LogP contribution in [-0.2, 0) is 6.42 Å². The van der Waals surface area contributed by atoms with Gasteiger partial charge in [0, 0.05) is 37.7 Å². The Hall–Kier alpha value is -2.43. The van der Waals surface area contributed by atoms with Gasteiger partial charge in [-0.25, -0.2) is 4.98 Å². The van der Waals surface area contributed by atoms with E-state index in [4.69, 9.17) is 0 Å². The van der Waals surface area contributed by atoms with Crippen LogP contribution in [0.5, 0.6) is 0 Å². The number of aryl methyl sites for hydroxylation is 1. The molecule has 1 amide bonds. The van der Waals surface area contributed by atoms with Gasteiger partial charge in [-0.1, -0.05) is 18.9 Å². The van der Waals surface area contributed by atoms with E-state index in [2.05, 4.69) is 20.2 Å². The number of aromatic nitrogens is 2. The smallest absolute Gasteiger partial charge is 0.252 e. The molecule has 5 nitrogen and oxygen atoms in total. The Morgan fingerprint density at radius 3 is 2.56 bits per heavy atom. The fourth-order valence-corrected chi connectivity index (χ4v) is 3.13. The average molecular weight is 338 g/mol. The van der Waals surface area contributed by atoms with Gasteiger partial charge in [0.1, 0.15) is 5.82 Å². The van der Waals surface area contributed by atoms with Crippen LogP contribution in [0.25, 0.3) is 0 Å². The predicted octanol–water partition coefficient (Wildman–Crippen LogP) is 3.22. The van der Waals surface area contributed by atoms with E-state index < -0.39 is 0 Å². The molecule has 0 bridgehead atoms. The third-order valence-corrected chi connectivity index (χ3v) is 4.56. The van der Waals surface area contributed by atoms with Crippen molar-refractivity contribution in [2.24, 2.45) is 0 Å². The molecule has 0 radical (unpaired) electrons. The van der Waals surface area contributed by atoms with Crippen molar-refractivity contribution >= 4 is 11.7 Å². The first-order valence-corrected chi connectivity index (χ1v) is 9.22. The molecule has 2 aromatic heterocycles. The number of nitrogens with one attached hydrogen (secondary N) is 1. The number of hydrogen-bond donors (Lipinski definition) is 1. The predicted molar refractivity (Wildman–Crippen MR) is 99.8 cm³/mol. The molecule has 3 rings (SSSR count). The Morgan fingerprint density at radius 1 is 1.04 bits per heavy atom. The molecular formula is C20H26N4O. The van der Waals surface area contributed by atoms with E-state index in [-0.39, 0.29) is 5.91 Å². The molecule has 1 saturated heterocycles. The van der Waals surface area contributed by atoms with Gasteiger partial charge in [0.25, 0.3) is 5.91 Å². The van der Waals surface area contributed by atoms with E-state index in [1.807, 2.05) is 30.3 Å². The highest BCUT2D eigenvalue weighted by Crippen LogP contribution is 2.17. The Kier molecular flexibility index (Phi) is 6.37. The number of hydrogen-bond acceptors (Lipinski definition) is 4. The quantitative estimate of drug-likeness (QED) is 0.822. The molecule has 1 aliphatic rings. The van der Waals surface area contributed by atoms with Gasteiger partial charge >= 0.3 is 0 Å². The number of nitrogens with zero attached hydrogens (tertiary/aromatic N) is 3. The molecule has 5 heteroatoms. The number of rotatable bonds is 6. The zero-order chi connectivity index (χ0) is 17.3. The lowest BCUT2D eigenvalue weighted by Crippen LogP contribution is -2.26. The summed E-state index contributed by atoms with van der Waals surface area (Å²) < 4.78 is 0. The van der Waals surface area contributed by atoms with Crippen LogP contribution in [0.4, 0.5) is 5.82 Å². The van der Waals surface area contributed by atoms with Crippen molar-refractivity contribution in [3.63, 3.8) is 0 Å². The second-order valence-electron chi connectivity index (χ2n) is 6.49. The Bertz CT molecular complexity index is 649. The molecule has 2 aromatic rings. The van der Waals surface area contributed by atoms with Crippen LogP contribution in [0.1, 0.15) is 48.2 Å². The van der Waals surface area contributed by atoms with E-state index in [0.29, 0.717) is 12.1 Å². The van der Waals surface area contributed by atoms with Crippen LogP contribution in [0.2, 0.25) is 0 Å². The minimum absolute atomic E-state index is 0.0593. The maximum Gasteiger partial charge on any atom is 0.252 e. The zero-order valence-electron chi connectivity index (χ0n) is 14.7. The lowest BCUT2D eigenvalue weighted by molar-refractivity contribution is 0.0953. The van der Waals surface area contributed by atoms with Gasteiger partial charge in [0.2, 0.25) is 0 Å². The Labute approximate surface area is 149 Å². The van der Waals surface area contributed by atoms with E-state index in [1.54, 1.807) is 12.4 Å². The van der Waals surface area contributed by atoms with Crippen LogP contribution in [0, 0.1) is 0 Å². The van der Waals surface area contributed by atoms with Gasteiger partial charge < -0.3 is 10.2 Å². The summed E-state index contributed by atoms with van der Waals surface area (Å²) in [4.78, 5) is 23.3. The van der Waals surface area contributed by atoms with Crippen LogP contribution in [-0.4, -0.2) is 35.5 Å². The number of carbonyl (C=O) groups is 1. The lowest BCUT2D eigenvalue weighted by Gasteiger charge is -2.21. The standard InChI is InChI=1S/C20H26N4O/c25-20(22-13-7-9-18-8-3-4-12-21-18)17-10-11-19(23-16-17)24-14-5-1-2-6-15-24/h3-4,8,10-12,16H,1-2,5-7,9,13-15H2,(H,22,25). The summed E-state index contributed by atoms with van der Waals surface area (Å²) in [5, 5.41) is 2.96. The molecule has 0 saturated carbocycles. The van der Waals surface area contributed by atoms with Crippen molar-refractivity contribution in [1.82, 2.24) is 15.3 Å². The van der Waals surface area contributed by atoms with E-state index in [9.17, 15) is 4.79 Å². The largest absolute Gasteiger partial charge is 0.357 e. The van der Waals surface area contributed by atoms with Crippen molar-refractivity contribution in [2.45, 2.75) is 38.5 Å². The normalized spacial score (nSPS) is 14.8. The van der Waals surface area contributed by atoms with Crippen LogP contribution in [0.3, 0.4) is 0 Å². The maximum atomic E-state index is 12.2. The maximum absolute atomic E-state index is 12.2. The van der Waals surface area contributed by atoms with Gasteiger partial charge in [-0.3, -0.25) is 9.78 Å². The van der Waals surface area contributed by atoms with E-state index >= 15 is 0 Å². The summed E-state index contributed by atoms with van der Waals surface area (Å²) in [7, 11) is 0. The van der Waals surface area contributed by atoms with Crippen molar-refractivity contribution < 1.29 is 4.79 Å². The molecule has 0 aromatic carbocycles. The highest BCUT2D eigenvalue weighted by molar-refractivity contribution is 5.94. The molecule has 1 N–H and O–H groups in total. The monoisotopic (exact) mass is 338 g/mol. The summed E-state index contributed by atoms with van der Waals surface area (Å²) in [6.45, 7) is 2.77. The third kappa shape index (κ3) is 5.28. The van der Waals surface area contributed by atoms with Crippen molar-refractivity contribution in [2.75, 3.05) is 24.5 Å². The summed E-state index contributed by atoms with van der Waals surface area (Å²) >= 11 is 0. The SMILES string of the molecule is O=C(NCCCc1ccccn1)c1ccc(N2CCCCCC2)nc1. The fourth-order valence-electron chi connectivity index (χ4n) is 3.13. The molecular weight excluding hydrogens is 312 g/mol. The van der Waals surface area contributed by atoms with Crippen LogP contribution >= 0.6 is 0 Å². The van der Waals surface area contributed by atoms with E-state index in [1.165, 1.54) is 25.7 Å². The molecule has 3 heterocycles. The molecule has 1 aliphatic heterocycles. The second kappa shape index (κ2) is 9.16. The summed E-state index contributed by atoms with van der Waals surface area (Å²) in [5.74, 6) is 0.921. The highest BCUT2D eigenvalue weighted by Gasteiger charge is 2.12. The number of pyridine rings is 2. The van der Waals surface area contributed by atoms with E-state index in [0.717, 1.165) is 37.4 Å². The lowest BCUT2D eigenvalue weighted by atomic mass is 10.2. The molecule has 1 fully saturated rings. The minimum Gasteiger partial charge on any atom is -0.357 e. The Balaban J connectivity index is 1.45. The van der Waals surface area contributed by atoms with Gasteiger partial charge in [-0.05, 0) is 49.9 Å². The molecule has 0 atom stereocenters. The van der Waals surface area contributed by atoms with Gasteiger partial charge in [-0.2, -0.15) is 0 Å². The average Bonchev–Trinajstić information content (AvgIpc) is 2.95. The van der Waals surface area contributed by atoms with Crippen LogP contribution in [0.15, 0.2) is 42.7 Å². The first kappa shape index (κ1) is 17.4. The molecule has 0 unspecified atom stereocenters. The number of amides is 1. The summed E-state index contributed by atoms with van der Waals surface area (Å²) in [6.07, 6.45) is 10.3. The minimum atomic E-state index is -0.0593. The van der Waals surface area contributed by atoms with Crippen molar-refractivity contribution in [1.29, 1.82) is 0 Å². The van der Waals surface area contributed by atoms with Gasteiger partial charge in [-0.15, -0.1) is 0 Å². The van der Waals surface area contributed by atoms with Crippen LogP contribution < -0.4 is 10.2 Å². The topological polar surface area (TPSA) is 58.1 Å². The molecule has 0 aliphatic carbocycles. The van der Waals surface area contributed by atoms with Gasteiger partial charge in [0.15, 0.2) is 0 Å². The third-order valence-electron chi connectivity index (χ3n) is 4.56.